The molecule has 0 aromatic heterocycles. The third kappa shape index (κ3) is 3.74. The Hall–Kier alpha value is -2.02. The van der Waals surface area contributed by atoms with Crippen LogP contribution in [0.25, 0.3) is 0 Å². The lowest BCUT2D eigenvalue weighted by Gasteiger charge is -2.08. The number of benzene rings is 2. The maximum absolute atomic E-state index is 13.6. The van der Waals surface area contributed by atoms with Crippen LogP contribution in [0, 0.1) is 17.7 Å². The molecule has 0 saturated heterocycles. The van der Waals surface area contributed by atoms with Gasteiger partial charge in [0.2, 0.25) is 0 Å². The highest BCUT2D eigenvalue weighted by molar-refractivity contribution is 6.31. The van der Waals surface area contributed by atoms with Crippen LogP contribution in [0.5, 0.6) is 5.75 Å². The first-order valence-corrected chi connectivity index (χ1v) is 6.43. The number of rotatable bonds is 3. The highest BCUT2D eigenvalue weighted by Crippen LogP contribution is 2.21. The lowest BCUT2D eigenvalue weighted by molar-refractivity contribution is 0.300. The van der Waals surface area contributed by atoms with Gasteiger partial charge in [-0.05, 0) is 36.4 Å². The van der Waals surface area contributed by atoms with Crippen molar-refractivity contribution in [1.82, 2.24) is 0 Å². The lowest BCUT2D eigenvalue weighted by atomic mass is 10.2. The topological polar surface area (TPSA) is 35.2 Å². The van der Waals surface area contributed by atoms with E-state index >= 15 is 0 Å². The molecular weight excluding hydrogens is 277 g/mol. The van der Waals surface area contributed by atoms with E-state index in [2.05, 4.69) is 11.8 Å². The normalized spacial score (nSPS) is 9.75. The second-order valence-electron chi connectivity index (χ2n) is 4.02. The lowest BCUT2D eigenvalue weighted by Crippen LogP contribution is -1.99. The molecule has 0 fully saturated rings. The van der Waals surface area contributed by atoms with Gasteiger partial charge in [0.1, 0.15) is 18.2 Å². The fraction of sp³-hybridized carbons (Fsp3) is 0.125. The van der Waals surface area contributed by atoms with Crippen molar-refractivity contribution >= 4 is 11.6 Å². The predicted octanol–water partition coefficient (Wildman–Crippen LogP) is 3.37. The van der Waals surface area contributed by atoms with Crippen LogP contribution in [0.1, 0.15) is 11.1 Å². The van der Waals surface area contributed by atoms with Crippen molar-refractivity contribution in [3.63, 3.8) is 0 Å². The summed E-state index contributed by atoms with van der Waals surface area (Å²) in [6.45, 7) is 0.406. The zero-order chi connectivity index (χ0) is 14.4. The molecule has 0 atom stereocenters. The number of halogens is 2. The Morgan fingerprint density at radius 1 is 1.15 bits per heavy atom. The summed E-state index contributed by atoms with van der Waals surface area (Å²) in [4.78, 5) is 0. The molecule has 0 amide bonds. The minimum Gasteiger partial charge on any atom is -0.489 e. The molecular formula is C16H13ClFNO. The Labute approximate surface area is 122 Å². The maximum Gasteiger partial charge on any atom is 0.131 e. The second kappa shape index (κ2) is 6.95. The fourth-order valence-electron chi connectivity index (χ4n) is 1.61. The van der Waals surface area contributed by atoms with Crippen molar-refractivity contribution < 1.29 is 9.13 Å². The number of hydrogen-bond acceptors (Lipinski definition) is 2. The molecule has 2 aromatic rings. The van der Waals surface area contributed by atoms with E-state index in [4.69, 9.17) is 22.1 Å². The average Bonchev–Trinajstić information content (AvgIpc) is 2.46. The van der Waals surface area contributed by atoms with Crippen LogP contribution in [0.2, 0.25) is 5.02 Å². The summed E-state index contributed by atoms with van der Waals surface area (Å²) < 4.78 is 19.1. The average molecular weight is 290 g/mol. The molecule has 2 N–H and O–H groups in total. The Kier molecular flexibility index (Phi) is 5.00. The summed E-state index contributed by atoms with van der Waals surface area (Å²) in [5, 5.41) is 0.357. The van der Waals surface area contributed by atoms with Gasteiger partial charge in [0.05, 0.1) is 11.6 Å². The molecule has 0 aliphatic carbocycles. The molecule has 0 heterocycles. The Balaban J connectivity index is 2.04. The van der Waals surface area contributed by atoms with Gasteiger partial charge in [-0.3, -0.25) is 0 Å². The van der Waals surface area contributed by atoms with Crippen LogP contribution in [0.15, 0.2) is 42.5 Å². The standard InChI is InChI=1S/C16H13ClFNO/c17-15-4-1-5-16(18)14(15)11-20-13-8-6-12(7-9-13)3-2-10-19/h1,4-9H,10-11,19H2. The monoisotopic (exact) mass is 289 g/mol. The highest BCUT2D eigenvalue weighted by atomic mass is 35.5. The van der Waals surface area contributed by atoms with Gasteiger partial charge in [-0.1, -0.05) is 29.5 Å². The largest absolute Gasteiger partial charge is 0.489 e. The van der Waals surface area contributed by atoms with E-state index in [0.29, 0.717) is 22.9 Å². The molecule has 2 aromatic carbocycles. The molecule has 4 heteroatoms. The first-order valence-electron chi connectivity index (χ1n) is 6.05. The van der Waals surface area contributed by atoms with Gasteiger partial charge in [-0.25, -0.2) is 4.39 Å². The van der Waals surface area contributed by atoms with Crippen molar-refractivity contribution in [2.75, 3.05) is 6.54 Å². The summed E-state index contributed by atoms with van der Waals surface area (Å²) in [5.74, 6) is 5.93. The van der Waals surface area contributed by atoms with Gasteiger partial charge in [-0.2, -0.15) is 0 Å². The molecule has 0 bridgehead atoms. The summed E-state index contributed by atoms with van der Waals surface area (Å²) in [5.41, 5.74) is 6.50. The van der Waals surface area contributed by atoms with E-state index in [-0.39, 0.29) is 12.4 Å². The molecule has 102 valence electrons. The minimum absolute atomic E-state index is 0.0827. The summed E-state index contributed by atoms with van der Waals surface area (Å²) in [7, 11) is 0. The Morgan fingerprint density at radius 3 is 2.55 bits per heavy atom. The van der Waals surface area contributed by atoms with E-state index in [0.717, 1.165) is 5.56 Å². The van der Waals surface area contributed by atoms with E-state index in [9.17, 15) is 4.39 Å². The summed E-state index contributed by atoms with van der Waals surface area (Å²) >= 11 is 5.93. The quantitative estimate of drug-likeness (QED) is 0.879. The molecule has 0 radical (unpaired) electrons. The third-order valence-corrected chi connectivity index (χ3v) is 2.99. The van der Waals surface area contributed by atoms with Gasteiger partial charge in [0.15, 0.2) is 0 Å². The van der Waals surface area contributed by atoms with Crippen molar-refractivity contribution in [2.45, 2.75) is 6.61 Å². The highest BCUT2D eigenvalue weighted by Gasteiger charge is 2.07. The van der Waals surface area contributed by atoms with Crippen molar-refractivity contribution in [3.05, 3.63) is 64.4 Å². The predicted molar refractivity (Wildman–Crippen MR) is 78.1 cm³/mol. The molecule has 0 aliphatic rings. The van der Waals surface area contributed by atoms with E-state index in [1.807, 2.05) is 12.1 Å². The molecule has 0 saturated carbocycles. The first kappa shape index (κ1) is 14.4. The zero-order valence-electron chi connectivity index (χ0n) is 10.7. The van der Waals surface area contributed by atoms with Crippen LogP contribution in [0.4, 0.5) is 4.39 Å². The van der Waals surface area contributed by atoms with Gasteiger partial charge < -0.3 is 10.5 Å². The van der Waals surface area contributed by atoms with Gasteiger partial charge in [0.25, 0.3) is 0 Å². The van der Waals surface area contributed by atoms with Crippen LogP contribution < -0.4 is 10.5 Å². The van der Waals surface area contributed by atoms with Crippen molar-refractivity contribution in [3.8, 4) is 17.6 Å². The zero-order valence-corrected chi connectivity index (χ0v) is 11.5. The SMILES string of the molecule is NCC#Cc1ccc(OCc2c(F)cccc2Cl)cc1. The molecule has 2 nitrogen and oxygen atoms in total. The van der Waals surface area contributed by atoms with E-state index in [1.54, 1.807) is 24.3 Å². The number of nitrogens with two attached hydrogens (primary N) is 1. The van der Waals surface area contributed by atoms with Gasteiger partial charge >= 0.3 is 0 Å². The number of hydrogen-bond donors (Lipinski definition) is 1. The van der Waals surface area contributed by atoms with Crippen LogP contribution in [0.3, 0.4) is 0 Å². The van der Waals surface area contributed by atoms with Gasteiger partial charge in [0, 0.05) is 11.1 Å². The molecule has 20 heavy (non-hydrogen) atoms. The number of ether oxygens (including phenoxy) is 1. The molecule has 0 aliphatic heterocycles. The fourth-order valence-corrected chi connectivity index (χ4v) is 1.83. The maximum atomic E-state index is 13.6. The van der Waals surface area contributed by atoms with Crippen LogP contribution >= 0.6 is 11.6 Å². The summed E-state index contributed by atoms with van der Waals surface area (Å²) in [6.07, 6.45) is 0. The molecule has 2 rings (SSSR count). The van der Waals surface area contributed by atoms with Crippen molar-refractivity contribution in [1.29, 1.82) is 0 Å². The molecule has 0 spiro atoms. The first-order chi connectivity index (χ1) is 9.70. The van der Waals surface area contributed by atoms with Gasteiger partial charge in [-0.15, -0.1) is 0 Å². The van der Waals surface area contributed by atoms with Crippen LogP contribution in [-0.2, 0) is 6.61 Å². The van der Waals surface area contributed by atoms with E-state index < -0.39 is 0 Å². The van der Waals surface area contributed by atoms with E-state index in [1.165, 1.54) is 6.07 Å². The molecule has 0 unspecified atom stereocenters. The minimum atomic E-state index is -0.372. The summed E-state index contributed by atoms with van der Waals surface area (Å²) in [6, 6.07) is 11.7. The van der Waals surface area contributed by atoms with Crippen LogP contribution in [-0.4, -0.2) is 6.54 Å². The Morgan fingerprint density at radius 2 is 1.90 bits per heavy atom. The third-order valence-electron chi connectivity index (χ3n) is 2.63. The smallest absolute Gasteiger partial charge is 0.131 e. The van der Waals surface area contributed by atoms with Crippen molar-refractivity contribution in [2.24, 2.45) is 5.73 Å². The Bertz CT molecular complexity index is 624. The second-order valence-corrected chi connectivity index (χ2v) is 4.43.